The molecule has 0 atom stereocenters. The first-order valence-electron chi connectivity index (χ1n) is 6.17. The van der Waals surface area contributed by atoms with Crippen LogP contribution >= 0.6 is 0 Å². The average Bonchev–Trinajstić information content (AvgIpc) is 2.42. The maximum absolute atomic E-state index is 12.1. The summed E-state index contributed by atoms with van der Waals surface area (Å²) in [6, 6.07) is 6.30. The zero-order valence-electron chi connectivity index (χ0n) is 11.6. The zero-order chi connectivity index (χ0) is 14.9. The number of hydrogen-bond acceptors (Lipinski definition) is 3. The van der Waals surface area contributed by atoms with E-state index < -0.39 is 0 Å². The highest BCUT2D eigenvalue weighted by atomic mass is 16.3. The van der Waals surface area contributed by atoms with Gasteiger partial charge in [0.25, 0.3) is 11.5 Å². The molecule has 20 heavy (non-hydrogen) atoms. The van der Waals surface area contributed by atoms with Crippen molar-refractivity contribution in [3.63, 3.8) is 0 Å². The van der Waals surface area contributed by atoms with Crippen molar-refractivity contribution in [3.8, 4) is 5.75 Å². The SMILES string of the molecule is Cc1ccc(NC(=O)c2ccn(C)c(=O)c2)c(C)c1O. The Bertz CT molecular complexity index is 732. The number of hydrogen-bond donors (Lipinski definition) is 2. The van der Waals surface area contributed by atoms with Crippen LogP contribution in [0, 0.1) is 13.8 Å². The van der Waals surface area contributed by atoms with Crippen LogP contribution in [0.3, 0.4) is 0 Å². The number of pyridine rings is 1. The fourth-order valence-corrected chi connectivity index (χ4v) is 1.86. The minimum absolute atomic E-state index is 0.159. The number of benzene rings is 1. The molecule has 0 unspecified atom stereocenters. The van der Waals surface area contributed by atoms with E-state index in [0.717, 1.165) is 5.56 Å². The molecule has 1 amide bonds. The molecule has 2 rings (SSSR count). The molecule has 5 nitrogen and oxygen atoms in total. The predicted octanol–water partition coefficient (Wildman–Crippen LogP) is 1.96. The van der Waals surface area contributed by atoms with Gasteiger partial charge in [0.05, 0.1) is 0 Å². The summed E-state index contributed by atoms with van der Waals surface area (Å²) in [6.07, 6.45) is 1.54. The lowest BCUT2D eigenvalue weighted by Gasteiger charge is -2.11. The molecule has 0 radical (unpaired) electrons. The number of phenols is 1. The molecule has 1 aromatic heterocycles. The monoisotopic (exact) mass is 272 g/mol. The Morgan fingerprint density at radius 3 is 2.60 bits per heavy atom. The summed E-state index contributed by atoms with van der Waals surface area (Å²) in [5.41, 5.74) is 1.91. The number of amides is 1. The van der Waals surface area contributed by atoms with Gasteiger partial charge in [0, 0.05) is 36.1 Å². The lowest BCUT2D eigenvalue weighted by atomic mass is 10.1. The van der Waals surface area contributed by atoms with Crippen LogP contribution in [0.15, 0.2) is 35.3 Å². The number of aromatic hydroxyl groups is 1. The van der Waals surface area contributed by atoms with E-state index in [4.69, 9.17) is 0 Å². The zero-order valence-corrected chi connectivity index (χ0v) is 11.6. The molecule has 0 aliphatic rings. The van der Waals surface area contributed by atoms with Crippen LogP contribution in [0.5, 0.6) is 5.75 Å². The minimum atomic E-state index is -0.381. The summed E-state index contributed by atoms with van der Waals surface area (Å²) >= 11 is 0. The smallest absolute Gasteiger partial charge is 0.255 e. The van der Waals surface area contributed by atoms with Crippen LogP contribution in [0.1, 0.15) is 21.5 Å². The summed E-state index contributed by atoms with van der Waals surface area (Å²) in [6.45, 7) is 3.51. The predicted molar refractivity (Wildman–Crippen MR) is 77.2 cm³/mol. The Labute approximate surface area is 116 Å². The third-order valence-electron chi connectivity index (χ3n) is 3.25. The number of carbonyl (C=O) groups excluding carboxylic acids is 1. The van der Waals surface area contributed by atoms with Crippen molar-refractivity contribution in [1.82, 2.24) is 4.57 Å². The van der Waals surface area contributed by atoms with E-state index in [-0.39, 0.29) is 22.8 Å². The van der Waals surface area contributed by atoms with Crippen molar-refractivity contribution in [2.45, 2.75) is 13.8 Å². The van der Waals surface area contributed by atoms with E-state index in [2.05, 4.69) is 5.32 Å². The van der Waals surface area contributed by atoms with Crippen LogP contribution in [0.25, 0.3) is 0 Å². The highest BCUT2D eigenvalue weighted by molar-refractivity contribution is 6.04. The highest BCUT2D eigenvalue weighted by Crippen LogP contribution is 2.28. The summed E-state index contributed by atoms with van der Waals surface area (Å²) in [5.74, 6) is -0.221. The summed E-state index contributed by atoms with van der Waals surface area (Å²) in [4.78, 5) is 23.6. The van der Waals surface area contributed by atoms with Crippen molar-refractivity contribution < 1.29 is 9.90 Å². The van der Waals surface area contributed by atoms with Crippen molar-refractivity contribution in [2.24, 2.45) is 7.05 Å². The van der Waals surface area contributed by atoms with Gasteiger partial charge < -0.3 is 15.0 Å². The van der Waals surface area contributed by atoms with Gasteiger partial charge in [-0.15, -0.1) is 0 Å². The Morgan fingerprint density at radius 1 is 1.25 bits per heavy atom. The molecule has 0 aliphatic carbocycles. The van der Waals surface area contributed by atoms with Gasteiger partial charge in [-0.3, -0.25) is 9.59 Å². The third-order valence-corrected chi connectivity index (χ3v) is 3.25. The average molecular weight is 272 g/mol. The van der Waals surface area contributed by atoms with Gasteiger partial charge in [-0.2, -0.15) is 0 Å². The van der Waals surface area contributed by atoms with Gasteiger partial charge in [-0.05, 0) is 31.5 Å². The molecular weight excluding hydrogens is 256 g/mol. The fraction of sp³-hybridized carbons (Fsp3) is 0.200. The summed E-state index contributed by atoms with van der Waals surface area (Å²) in [7, 11) is 1.62. The van der Waals surface area contributed by atoms with E-state index >= 15 is 0 Å². The number of carbonyl (C=O) groups is 1. The molecule has 2 N–H and O–H groups in total. The van der Waals surface area contributed by atoms with Crippen molar-refractivity contribution >= 4 is 11.6 Å². The molecule has 1 heterocycles. The van der Waals surface area contributed by atoms with Crippen LogP contribution < -0.4 is 10.9 Å². The van der Waals surface area contributed by atoms with Crippen molar-refractivity contribution in [1.29, 1.82) is 0 Å². The number of nitrogens with zero attached hydrogens (tertiary/aromatic N) is 1. The molecule has 0 bridgehead atoms. The van der Waals surface area contributed by atoms with E-state index in [1.807, 2.05) is 0 Å². The second kappa shape index (κ2) is 5.21. The number of aromatic nitrogens is 1. The minimum Gasteiger partial charge on any atom is -0.507 e. The van der Waals surface area contributed by atoms with E-state index in [9.17, 15) is 14.7 Å². The molecule has 0 spiro atoms. The topological polar surface area (TPSA) is 71.3 Å². The van der Waals surface area contributed by atoms with Crippen LogP contribution in [0.4, 0.5) is 5.69 Å². The molecule has 104 valence electrons. The van der Waals surface area contributed by atoms with E-state index in [1.165, 1.54) is 16.8 Å². The molecule has 2 aromatic rings. The van der Waals surface area contributed by atoms with Crippen LogP contribution in [-0.4, -0.2) is 15.6 Å². The van der Waals surface area contributed by atoms with Crippen molar-refractivity contribution in [2.75, 3.05) is 5.32 Å². The van der Waals surface area contributed by atoms with E-state index in [1.54, 1.807) is 39.1 Å². The maximum Gasteiger partial charge on any atom is 0.255 e. The third kappa shape index (κ3) is 2.56. The fourth-order valence-electron chi connectivity index (χ4n) is 1.86. The first-order chi connectivity index (χ1) is 9.40. The van der Waals surface area contributed by atoms with Gasteiger partial charge in [-0.1, -0.05) is 6.07 Å². The van der Waals surface area contributed by atoms with Gasteiger partial charge in [-0.25, -0.2) is 0 Å². The highest BCUT2D eigenvalue weighted by Gasteiger charge is 2.11. The Balaban J connectivity index is 2.30. The largest absolute Gasteiger partial charge is 0.507 e. The summed E-state index contributed by atoms with van der Waals surface area (Å²) in [5, 5.41) is 12.5. The molecule has 0 saturated carbocycles. The number of anilines is 1. The molecule has 0 fully saturated rings. The second-order valence-electron chi connectivity index (χ2n) is 4.72. The molecule has 0 aliphatic heterocycles. The number of phenolic OH excluding ortho intramolecular Hbond substituents is 1. The maximum atomic E-state index is 12.1. The quantitative estimate of drug-likeness (QED) is 0.878. The normalized spacial score (nSPS) is 10.3. The first kappa shape index (κ1) is 13.9. The Hall–Kier alpha value is -2.56. The molecule has 1 aromatic carbocycles. The number of aryl methyl sites for hydroxylation is 2. The van der Waals surface area contributed by atoms with Gasteiger partial charge >= 0.3 is 0 Å². The van der Waals surface area contributed by atoms with Crippen molar-refractivity contribution in [3.05, 3.63) is 57.5 Å². The summed E-state index contributed by atoms with van der Waals surface area (Å²) < 4.78 is 1.39. The van der Waals surface area contributed by atoms with E-state index in [0.29, 0.717) is 11.3 Å². The number of rotatable bonds is 2. The van der Waals surface area contributed by atoms with Gasteiger partial charge in [0.2, 0.25) is 0 Å². The molecule has 5 heteroatoms. The second-order valence-corrected chi connectivity index (χ2v) is 4.72. The Morgan fingerprint density at radius 2 is 1.95 bits per heavy atom. The molecule has 0 saturated heterocycles. The van der Waals surface area contributed by atoms with Crippen LogP contribution in [0.2, 0.25) is 0 Å². The first-order valence-corrected chi connectivity index (χ1v) is 6.17. The molecular formula is C15H16N2O3. The Kier molecular flexibility index (Phi) is 3.61. The standard InChI is InChI=1S/C15H16N2O3/c1-9-4-5-12(10(2)14(9)19)16-15(20)11-6-7-17(3)13(18)8-11/h4-8,19H,1-3H3,(H,16,20). The lowest BCUT2D eigenvalue weighted by molar-refractivity contribution is 0.102. The van der Waals surface area contributed by atoms with Crippen LogP contribution in [-0.2, 0) is 7.05 Å². The number of nitrogens with one attached hydrogen (secondary N) is 1. The lowest BCUT2D eigenvalue weighted by Crippen LogP contribution is -2.20. The van der Waals surface area contributed by atoms with Gasteiger partial charge in [0.15, 0.2) is 0 Å². The van der Waals surface area contributed by atoms with Gasteiger partial charge in [0.1, 0.15) is 5.75 Å².